The summed E-state index contributed by atoms with van der Waals surface area (Å²) in [6.45, 7) is 3.94. The molecule has 0 fully saturated rings. The number of hydrogen-bond acceptors (Lipinski definition) is 7. The van der Waals surface area contributed by atoms with Crippen molar-refractivity contribution in [3.8, 4) is 11.5 Å². The highest BCUT2D eigenvalue weighted by atomic mass is 127. The van der Waals surface area contributed by atoms with Gasteiger partial charge in [0, 0.05) is 5.56 Å². The number of carbonyl (C=O) groups is 1. The van der Waals surface area contributed by atoms with Crippen molar-refractivity contribution in [1.82, 2.24) is 0 Å². The number of halogens is 1. The molecule has 3 aromatic rings. The van der Waals surface area contributed by atoms with Gasteiger partial charge in [-0.25, -0.2) is 4.79 Å². The highest BCUT2D eigenvalue weighted by Crippen LogP contribution is 2.37. The fourth-order valence-electron chi connectivity index (χ4n) is 3.26. The van der Waals surface area contributed by atoms with Crippen LogP contribution in [0.2, 0.25) is 0 Å². The van der Waals surface area contributed by atoms with E-state index < -0.39 is 16.1 Å². The zero-order valence-corrected chi connectivity index (χ0v) is 21.3. The number of ether oxygens (including phenoxy) is 1. The topological polar surface area (TPSA) is 91.3 Å². The van der Waals surface area contributed by atoms with Gasteiger partial charge in [-0.15, -0.1) is 0 Å². The van der Waals surface area contributed by atoms with Crippen LogP contribution in [0.25, 0.3) is 6.08 Å². The van der Waals surface area contributed by atoms with Crippen LogP contribution >= 0.6 is 22.6 Å². The molecule has 1 heterocycles. The van der Waals surface area contributed by atoms with E-state index in [-0.39, 0.29) is 28.6 Å². The number of nitrogens with zero attached hydrogens (tertiary/aromatic N) is 1. The predicted molar refractivity (Wildman–Crippen MR) is 136 cm³/mol. The summed E-state index contributed by atoms with van der Waals surface area (Å²) in [7, 11) is -4.08. The summed E-state index contributed by atoms with van der Waals surface area (Å²) in [5.41, 5.74) is 2.98. The fraction of sp³-hybridized carbons (Fsp3) is 0.120. The van der Waals surface area contributed by atoms with E-state index in [4.69, 9.17) is 13.8 Å². The number of aryl methyl sites for hydroxylation is 1. The molecule has 1 aliphatic rings. The van der Waals surface area contributed by atoms with Gasteiger partial charge in [-0.3, -0.25) is 0 Å². The highest BCUT2D eigenvalue weighted by Gasteiger charge is 2.27. The molecule has 0 bridgehead atoms. The Labute approximate surface area is 211 Å². The number of carbonyl (C=O) groups excluding carboxylic acids is 1. The first-order chi connectivity index (χ1) is 16.3. The van der Waals surface area contributed by atoms with Crippen LogP contribution in [0.4, 0.5) is 0 Å². The van der Waals surface area contributed by atoms with Crippen molar-refractivity contribution in [2.24, 2.45) is 5.16 Å². The van der Waals surface area contributed by atoms with Gasteiger partial charge in [-0.1, -0.05) is 53.2 Å². The van der Waals surface area contributed by atoms with Gasteiger partial charge < -0.3 is 13.8 Å². The average molecular weight is 589 g/mol. The smallest absolute Gasteiger partial charge is 0.368 e. The van der Waals surface area contributed by atoms with Crippen LogP contribution in [0.3, 0.4) is 0 Å². The van der Waals surface area contributed by atoms with Crippen LogP contribution in [0, 0.1) is 10.5 Å². The van der Waals surface area contributed by atoms with E-state index in [1.807, 2.05) is 59.8 Å². The monoisotopic (exact) mass is 589 g/mol. The molecule has 1 aliphatic heterocycles. The molecule has 9 heteroatoms. The van der Waals surface area contributed by atoms with E-state index in [2.05, 4.69) is 5.16 Å². The second-order valence-electron chi connectivity index (χ2n) is 7.36. The number of hydrogen-bond donors (Lipinski definition) is 0. The minimum Gasteiger partial charge on any atom is -0.490 e. The van der Waals surface area contributed by atoms with Gasteiger partial charge in [0.05, 0.1) is 15.8 Å². The van der Waals surface area contributed by atoms with Crippen molar-refractivity contribution in [1.29, 1.82) is 0 Å². The molecule has 0 saturated carbocycles. The van der Waals surface area contributed by atoms with Crippen molar-refractivity contribution in [3.63, 3.8) is 0 Å². The summed E-state index contributed by atoms with van der Waals surface area (Å²) in [5, 5.41) is 3.91. The van der Waals surface area contributed by atoms with Crippen molar-refractivity contribution in [2.45, 2.75) is 18.7 Å². The molecule has 3 aromatic carbocycles. The molecule has 0 saturated heterocycles. The summed E-state index contributed by atoms with van der Waals surface area (Å²) in [6.07, 6.45) is 1.63. The quantitative estimate of drug-likeness (QED) is 0.165. The Hall–Kier alpha value is -3.18. The molecule has 34 heavy (non-hydrogen) atoms. The third-order valence-corrected chi connectivity index (χ3v) is 6.92. The van der Waals surface area contributed by atoms with Crippen molar-refractivity contribution in [2.75, 3.05) is 6.61 Å². The average Bonchev–Trinajstić information content (AvgIpc) is 3.17. The normalized spacial score (nSPS) is 14.6. The Kier molecular flexibility index (Phi) is 7.03. The van der Waals surface area contributed by atoms with Gasteiger partial charge in [-0.05, 0) is 72.3 Å². The zero-order valence-electron chi connectivity index (χ0n) is 18.3. The highest BCUT2D eigenvalue weighted by molar-refractivity contribution is 14.1. The maximum atomic E-state index is 12.9. The Morgan fingerprint density at radius 2 is 1.76 bits per heavy atom. The van der Waals surface area contributed by atoms with Crippen LogP contribution in [-0.2, 0) is 19.8 Å². The standard InChI is InChI=1S/C25H20INO6S/c1-3-31-22-15-17(13-20-23(27-32-25(20)28)18-7-5-4-6-8-18)14-21(26)24(22)33-34(29,30)19-11-9-16(2)10-12-19/h4-15H,3H2,1-2H3/b20-13-. The molecule has 0 atom stereocenters. The number of benzene rings is 3. The van der Waals surface area contributed by atoms with Crippen LogP contribution < -0.4 is 8.92 Å². The summed E-state index contributed by atoms with van der Waals surface area (Å²) >= 11 is 1.98. The maximum Gasteiger partial charge on any atom is 0.368 e. The summed E-state index contributed by atoms with van der Waals surface area (Å²) < 4.78 is 37.4. The molecule has 4 rings (SSSR count). The van der Waals surface area contributed by atoms with E-state index >= 15 is 0 Å². The van der Waals surface area contributed by atoms with Crippen molar-refractivity contribution >= 4 is 50.5 Å². The third-order valence-electron chi connectivity index (χ3n) is 4.89. The Bertz CT molecular complexity index is 1400. The summed E-state index contributed by atoms with van der Waals surface area (Å²) in [5.74, 6) is -0.258. The molecule has 0 unspecified atom stereocenters. The first-order valence-electron chi connectivity index (χ1n) is 10.3. The second-order valence-corrected chi connectivity index (χ2v) is 10.1. The van der Waals surface area contributed by atoms with Crippen molar-refractivity contribution < 1.29 is 27.0 Å². The van der Waals surface area contributed by atoms with E-state index in [1.54, 1.807) is 37.3 Å². The predicted octanol–water partition coefficient (Wildman–Crippen LogP) is 5.11. The molecule has 0 spiro atoms. The molecule has 0 aliphatic carbocycles. The third kappa shape index (κ3) is 5.15. The molecule has 0 aromatic heterocycles. The Morgan fingerprint density at radius 1 is 1.06 bits per heavy atom. The Balaban J connectivity index is 1.72. The van der Waals surface area contributed by atoms with Crippen LogP contribution in [0.5, 0.6) is 11.5 Å². The molecule has 7 nitrogen and oxygen atoms in total. The minimum absolute atomic E-state index is 0.0416. The summed E-state index contributed by atoms with van der Waals surface area (Å²) in [6, 6.07) is 18.9. The molecular weight excluding hydrogens is 569 g/mol. The Morgan fingerprint density at radius 3 is 2.44 bits per heavy atom. The van der Waals surface area contributed by atoms with Gasteiger partial charge in [0.25, 0.3) is 0 Å². The molecular formula is C25H20INO6S. The second kappa shape index (κ2) is 9.98. The van der Waals surface area contributed by atoms with Crippen LogP contribution in [0.15, 0.2) is 82.4 Å². The first-order valence-corrected chi connectivity index (χ1v) is 12.8. The van der Waals surface area contributed by atoms with E-state index in [0.29, 0.717) is 14.8 Å². The molecule has 0 amide bonds. The largest absolute Gasteiger partial charge is 0.490 e. The lowest BCUT2D eigenvalue weighted by Crippen LogP contribution is -2.12. The lowest BCUT2D eigenvalue weighted by Gasteiger charge is -2.15. The van der Waals surface area contributed by atoms with Crippen LogP contribution in [0.1, 0.15) is 23.6 Å². The van der Waals surface area contributed by atoms with Gasteiger partial charge in [-0.2, -0.15) is 8.42 Å². The number of rotatable bonds is 7. The molecule has 0 radical (unpaired) electrons. The maximum absolute atomic E-state index is 12.9. The molecule has 0 N–H and O–H groups in total. The van der Waals surface area contributed by atoms with Crippen molar-refractivity contribution in [3.05, 3.63) is 92.6 Å². The lowest BCUT2D eigenvalue weighted by atomic mass is 10.0. The number of oxime groups is 1. The summed E-state index contributed by atoms with van der Waals surface area (Å²) in [4.78, 5) is 17.3. The van der Waals surface area contributed by atoms with Gasteiger partial charge in [0.15, 0.2) is 11.5 Å². The minimum atomic E-state index is -4.08. The van der Waals surface area contributed by atoms with Gasteiger partial charge in [0.1, 0.15) is 10.6 Å². The van der Waals surface area contributed by atoms with Crippen LogP contribution in [-0.4, -0.2) is 26.7 Å². The lowest BCUT2D eigenvalue weighted by molar-refractivity contribution is -0.136. The van der Waals surface area contributed by atoms with E-state index in [9.17, 15) is 13.2 Å². The fourth-order valence-corrected chi connectivity index (χ4v) is 5.10. The van der Waals surface area contributed by atoms with E-state index in [1.165, 1.54) is 12.1 Å². The van der Waals surface area contributed by atoms with E-state index in [0.717, 1.165) is 11.1 Å². The van der Waals surface area contributed by atoms with Gasteiger partial charge in [0.2, 0.25) is 0 Å². The van der Waals surface area contributed by atoms with Gasteiger partial charge >= 0.3 is 16.1 Å². The zero-order chi connectivity index (χ0) is 24.3. The molecule has 174 valence electrons. The first kappa shape index (κ1) is 24.0. The SMILES string of the molecule is CCOc1cc(/C=C2\C(=O)ON=C2c2ccccc2)cc(I)c1OS(=O)(=O)c1ccc(C)cc1.